The molecule has 0 aliphatic carbocycles. The third-order valence-corrected chi connectivity index (χ3v) is 3.78. The Morgan fingerprint density at radius 2 is 2.11 bits per heavy atom. The minimum Gasteiger partial charge on any atom is -0.306 e. The SMILES string of the molecule is CCCNC(c1ccc(F)c(F)c1)c1cnc(C)s1. The van der Waals surface area contributed by atoms with Gasteiger partial charge in [-0.15, -0.1) is 11.3 Å². The van der Waals surface area contributed by atoms with Crippen LogP contribution in [0.5, 0.6) is 0 Å². The van der Waals surface area contributed by atoms with Crippen molar-refractivity contribution in [2.24, 2.45) is 0 Å². The molecule has 0 fully saturated rings. The lowest BCUT2D eigenvalue weighted by Gasteiger charge is -2.17. The molecule has 0 bridgehead atoms. The van der Waals surface area contributed by atoms with Crippen LogP contribution in [0.15, 0.2) is 24.4 Å². The molecule has 1 aromatic carbocycles. The number of halogens is 2. The lowest BCUT2D eigenvalue weighted by Crippen LogP contribution is -2.22. The Morgan fingerprint density at radius 3 is 2.68 bits per heavy atom. The molecule has 102 valence electrons. The Hall–Kier alpha value is -1.33. The van der Waals surface area contributed by atoms with Gasteiger partial charge in [0.05, 0.1) is 11.0 Å². The first-order valence-corrected chi connectivity index (χ1v) is 7.04. The van der Waals surface area contributed by atoms with E-state index in [0.29, 0.717) is 0 Å². The molecule has 0 radical (unpaired) electrons. The van der Waals surface area contributed by atoms with Crippen LogP contribution in [0.2, 0.25) is 0 Å². The van der Waals surface area contributed by atoms with E-state index >= 15 is 0 Å². The molecule has 2 rings (SSSR count). The number of hydrogen-bond acceptors (Lipinski definition) is 3. The minimum absolute atomic E-state index is 0.138. The van der Waals surface area contributed by atoms with Crippen LogP contribution in [0.1, 0.15) is 34.8 Å². The Labute approximate surface area is 115 Å². The van der Waals surface area contributed by atoms with Gasteiger partial charge in [-0.05, 0) is 37.6 Å². The third kappa shape index (κ3) is 3.36. The smallest absolute Gasteiger partial charge is 0.159 e. The molecule has 0 aliphatic rings. The monoisotopic (exact) mass is 282 g/mol. The summed E-state index contributed by atoms with van der Waals surface area (Å²) in [5.41, 5.74) is 0.719. The van der Waals surface area contributed by atoms with Gasteiger partial charge in [0.25, 0.3) is 0 Å². The average molecular weight is 282 g/mol. The Balaban J connectivity index is 2.33. The molecule has 1 aromatic heterocycles. The van der Waals surface area contributed by atoms with E-state index < -0.39 is 11.6 Å². The number of rotatable bonds is 5. The van der Waals surface area contributed by atoms with Crippen molar-refractivity contribution in [3.63, 3.8) is 0 Å². The molecule has 0 spiro atoms. The van der Waals surface area contributed by atoms with Crippen molar-refractivity contribution in [2.75, 3.05) is 6.54 Å². The first-order valence-electron chi connectivity index (χ1n) is 6.22. The van der Waals surface area contributed by atoms with E-state index in [1.54, 1.807) is 23.6 Å². The molecule has 19 heavy (non-hydrogen) atoms. The normalized spacial score (nSPS) is 12.6. The number of benzene rings is 1. The van der Waals surface area contributed by atoms with Gasteiger partial charge in [-0.2, -0.15) is 0 Å². The molecule has 0 saturated carbocycles. The molecule has 2 aromatic rings. The maximum atomic E-state index is 13.4. The fourth-order valence-corrected chi connectivity index (χ4v) is 2.76. The molecular formula is C14H16F2N2S. The van der Waals surface area contributed by atoms with Gasteiger partial charge in [0, 0.05) is 11.1 Å². The number of nitrogens with zero attached hydrogens (tertiary/aromatic N) is 1. The summed E-state index contributed by atoms with van der Waals surface area (Å²) >= 11 is 1.56. The summed E-state index contributed by atoms with van der Waals surface area (Å²) in [5, 5.41) is 4.30. The second kappa shape index (κ2) is 6.21. The fraction of sp³-hybridized carbons (Fsp3) is 0.357. The van der Waals surface area contributed by atoms with Crippen molar-refractivity contribution >= 4 is 11.3 Å². The summed E-state index contributed by atoms with van der Waals surface area (Å²) in [6.45, 7) is 4.80. The molecule has 0 aliphatic heterocycles. The molecule has 0 amide bonds. The molecule has 1 heterocycles. The Morgan fingerprint density at radius 1 is 1.32 bits per heavy atom. The van der Waals surface area contributed by atoms with Gasteiger partial charge < -0.3 is 5.32 Å². The summed E-state index contributed by atoms with van der Waals surface area (Å²) in [7, 11) is 0. The molecule has 2 nitrogen and oxygen atoms in total. The van der Waals surface area contributed by atoms with Gasteiger partial charge in [0.2, 0.25) is 0 Å². The number of hydrogen-bond donors (Lipinski definition) is 1. The van der Waals surface area contributed by atoms with Gasteiger partial charge in [-0.1, -0.05) is 13.0 Å². The summed E-state index contributed by atoms with van der Waals surface area (Å²) in [6, 6.07) is 3.89. The standard InChI is InChI=1S/C14H16F2N2S/c1-3-6-17-14(13-8-18-9(2)19-13)10-4-5-11(15)12(16)7-10/h4-5,7-8,14,17H,3,6H2,1-2H3. The van der Waals surface area contributed by atoms with E-state index in [0.717, 1.165) is 28.4 Å². The number of aromatic nitrogens is 1. The van der Waals surface area contributed by atoms with E-state index in [4.69, 9.17) is 0 Å². The summed E-state index contributed by atoms with van der Waals surface area (Å²) in [6.07, 6.45) is 2.76. The summed E-state index contributed by atoms with van der Waals surface area (Å²) in [5.74, 6) is -1.64. The van der Waals surface area contributed by atoms with Gasteiger partial charge >= 0.3 is 0 Å². The zero-order valence-electron chi connectivity index (χ0n) is 10.9. The average Bonchev–Trinajstić information content (AvgIpc) is 2.80. The van der Waals surface area contributed by atoms with Crippen molar-refractivity contribution in [3.8, 4) is 0 Å². The lowest BCUT2D eigenvalue weighted by molar-refractivity contribution is 0.503. The highest BCUT2D eigenvalue weighted by atomic mass is 32.1. The minimum atomic E-state index is -0.821. The first-order chi connectivity index (χ1) is 9.11. The van der Waals surface area contributed by atoms with Crippen LogP contribution in [-0.2, 0) is 0 Å². The highest BCUT2D eigenvalue weighted by molar-refractivity contribution is 7.11. The highest BCUT2D eigenvalue weighted by Gasteiger charge is 2.17. The molecule has 5 heteroatoms. The third-order valence-electron chi connectivity index (χ3n) is 2.80. The summed E-state index contributed by atoms with van der Waals surface area (Å²) < 4.78 is 26.4. The van der Waals surface area contributed by atoms with Crippen LogP contribution in [0.3, 0.4) is 0 Å². The van der Waals surface area contributed by atoms with Gasteiger partial charge in [-0.3, -0.25) is 0 Å². The number of aryl methyl sites for hydroxylation is 1. The Bertz CT molecular complexity index is 554. The molecule has 1 atom stereocenters. The van der Waals surface area contributed by atoms with Crippen LogP contribution in [0.25, 0.3) is 0 Å². The molecular weight excluding hydrogens is 266 g/mol. The number of thiazole rings is 1. The zero-order chi connectivity index (χ0) is 13.8. The van der Waals surface area contributed by atoms with Crippen LogP contribution in [-0.4, -0.2) is 11.5 Å². The van der Waals surface area contributed by atoms with Crippen molar-refractivity contribution in [1.82, 2.24) is 10.3 Å². The fourth-order valence-electron chi connectivity index (χ4n) is 1.87. The quantitative estimate of drug-likeness (QED) is 0.901. The highest BCUT2D eigenvalue weighted by Crippen LogP contribution is 2.27. The van der Waals surface area contributed by atoms with E-state index in [-0.39, 0.29) is 6.04 Å². The van der Waals surface area contributed by atoms with Gasteiger partial charge in [-0.25, -0.2) is 13.8 Å². The first kappa shape index (κ1) is 14.1. The molecule has 1 N–H and O–H groups in total. The molecule has 1 unspecified atom stereocenters. The summed E-state index contributed by atoms with van der Waals surface area (Å²) in [4.78, 5) is 5.23. The largest absolute Gasteiger partial charge is 0.306 e. The predicted octanol–water partition coefficient (Wildman–Crippen LogP) is 3.82. The van der Waals surface area contributed by atoms with Crippen LogP contribution in [0, 0.1) is 18.6 Å². The van der Waals surface area contributed by atoms with Crippen molar-refractivity contribution < 1.29 is 8.78 Å². The lowest BCUT2D eigenvalue weighted by atomic mass is 10.1. The van der Waals surface area contributed by atoms with Crippen molar-refractivity contribution in [3.05, 3.63) is 51.5 Å². The van der Waals surface area contributed by atoms with Gasteiger partial charge in [0.15, 0.2) is 11.6 Å². The van der Waals surface area contributed by atoms with Gasteiger partial charge in [0.1, 0.15) is 0 Å². The van der Waals surface area contributed by atoms with E-state index in [9.17, 15) is 8.78 Å². The van der Waals surface area contributed by atoms with Crippen LogP contribution < -0.4 is 5.32 Å². The maximum absolute atomic E-state index is 13.4. The van der Waals surface area contributed by atoms with E-state index in [1.165, 1.54) is 12.1 Å². The topological polar surface area (TPSA) is 24.9 Å². The predicted molar refractivity (Wildman–Crippen MR) is 73.3 cm³/mol. The zero-order valence-corrected chi connectivity index (χ0v) is 11.7. The Kier molecular flexibility index (Phi) is 4.61. The van der Waals surface area contributed by atoms with Crippen molar-refractivity contribution in [1.29, 1.82) is 0 Å². The second-order valence-corrected chi connectivity index (χ2v) is 5.61. The molecule has 0 saturated heterocycles. The number of nitrogens with one attached hydrogen (secondary N) is 1. The maximum Gasteiger partial charge on any atom is 0.159 e. The van der Waals surface area contributed by atoms with Crippen molar-refractivity contribution in [2.45, 2.75) is 26.3 Å². The van der Waals surface area contributed by atoms with E-state index in [2.05, 4.69) is 17.2 Å². The van der Waals surface area contributed by atoms with Crippen LogP contribution >= 0.6 is 11.3 Å². The van der Waals surface area contributed by atoms with E-state index in [1.807, 2.05) is 6.92 Å². The van der Waals surface area contributed by atoms with Crippen LogP contribution in [0.4, 0.5) is 8.78 Å². The second-order valence-electron chi connectivity index (χ2n) is 4.34.